The first-order valence-corrected chi connectivity index (χ1v) is 11.7. The van der Waals surface area contributed by atoms with Crippen molar-refractivity contribution in [2.45, 2.75) is 37.8 Å². The Hall–Kier alpha value is -4.04. The van der Waals surface area contributed by atoms with Crippen molar-refractivity contribution in [2.24, 2.45) is 0 Å². The third kappa shape index (κ3) is 6.52. The molecule has 39 heavy (non-hydrogen) atoms. The molecule has 2 amide bonds. The Morgan fingerprint density at radius 2 is 1.69 bits per heavy atom. The van der Waals surface area contributed by atoms with Gasteiger partial charge in [-0.2, -0.15) is 22.0 Å². The van der Waals surface area contributed by atoms with Crippen LogP contribution in [0.5, 0.6) is 0 Å². The maximum Gasteiger partial charge on any atom is 0.433 e. The average molecular weight is 557 g/mol. The number of hydrogen-bond acceptors (Lipinski definition) is 6. The number of nitrogens with one attached hydrogen (secondary N) is 2. The molecule has 3 heterocycles. The molecule has 0 bridgehead atoms. The highest BCUT2D eigenvalue weighted by molar-refractivity contribution is 5.89. The van der Waals surface area contributed by atoms with Crippen LogP contribution in [0.1, 0.15) is 41.5 Å². The van der Waals surface area contributed by atoms with Crippen molar-refractivity contribution in [1.29, 1.82) is 0 Å². The number of nitrogens with zero attached hydrogens (tertiary/aromatic N) is 5. The SMILES string of the molecule is Cc1ncc(C(F)(F)CNc2nccc(C(F)(F)F)n2)c(C2CCN(C(=O)Nc3c(F)cccc3F)CC2)n1. The number of halogens is 7. The van der Waals surface area contributed by atoms with Crippen LogP contribution in [-0.4, -0.2) is 50.5 Å². The summed E-state index contributed by atoms with van der Waals surface area (Å²) in [7, 11) is 0. The third-order valence-electron chi connectivity index (χ3n) is 6.11. The molecule has 4 rings (SSSR count). The Kier molecular flexibility index (Phi) is 7.88. The van der Waals surface area contributed by atoms with Gasteiger partial charge in [0.1, 0.15) is 28.8 Å². The molecule has 15 heteroatoms. The van der Waals surface area contributed by atoms with Crippen molar-refractivity contribution in [3.63, 3.8) is 0 Å². The van der Waals surface area contributed by atoms with Crippen LogP contribution in [0.4, 0.5) is 47.2 Å². The van der Waals surface area contributed by atoms with E-state index in [4.69, 9.17) is 0 Å². The Bertz CT molecular complexity index is 1320. The first-order valence-electron chi connectivity index (χ1n) is 11.7. The van der Waals surface area contributed by atoms with Gasteiger partial charge in [0, 0.05) is 31.4 Å². The molecular formula is C24H22F7N7O. The van der Waals surface area contributed by atoms with E-state index in [-0.39, 0.29) is 37.4 Å². The van der Waals surface area contributed by atoms with Gasteiger partial charge in [-0.05, 0) is 38.0 Å². The fraction of sp³-hybridized carbons (Fsp3) is 0.375. The van der Waals surface area contributed by atoms with Crippen molar-refractivity contribution in [3.05, 3.63) is 71.1 Å². The van der Waals surface area contributed by atoms with Crippen LogP contribution in [-0.2, 0) is 12.1 Å². The predicted octanol–water partition coefficient (Wildman–Crippen LogP) is 5.49. The molecule has 1 aliphatic rings. The monoisotopic (exact) mass is 557 g/mol. The summed E-state index contributed by atoms with van der Waals surface area (Å²) in [4.78, 5) is 28.7. The highest BCUT2D eigenvalue weighted by Gasteiger charge is 2.39. The first kappa shape index (κ1) is 28.0. The van der Waals surface area contributed by atoms with Gasteiger partial charge in [-0.1, -0.05) is 6.07 Å². The van der Waals surface area contributed by atoms with Gasteiger partial charge in [-0.15, -0.1) is 0 Å². The van der Waals surface area contributed by atoms with Gasteiger partial charge in [0.25, 0.3) is 5.92 Å². The molecule has 0 saturated carbocycles. The standard InChI is InChI=1S/C24H22F7N7O/c1-13-33-11-15(23(27,28)12-34-21-32-8-5-18(36-21)24(29,30)31)19(35-13)14-6-9-38(10-7-14)22(39)37-20-16(25)3-2-4-17(20)26/h2-5,8,11,14H,6-7,9-10,12H2,1H3,(H,37,39)(H,32,34,36). The highest BCUT2D eigenvalue weighted by Crippen LogP contribution is 2.37. The smallest absolute Gasteiger partial charge is 0.348 e. The maximum atomic E-state index is 15.3. The molecule has 1 saturated heterocycles. The molecule has 3 aromatic rings. The Morgan fingerprint density at radius 3 is 2.33 bits per heavy atom. The van der Waals surface area contributed by atoms with E-state index in [2.05, 4.69) is 30.6 Å². The van der Waals surface area contributed by atoms with E-state index in [1.54, 1.807) is 0 Å². The summed E-state index contributed by atoms with van der Waals surface area (Å²) in [5.41, 5.74) is -2.35. The lowest BCUT2D eigenvalue weighted by molar-refractivity contribution is -0.141. The minimum atomic E-state index is -4.77. The number of carbonyl (C=O) groups excluding carboxylic acids is 1. The Labute approximate surface area is 217 Å². The topological polar surface area (TPSA) is 95.9 Å². The summed E-state index contributed by atoms with van der Waals surface area (Å²) in [5.74, 6) is -6.39. The number of carbonyl (C=O) groups is 1. The van der Waals surface area contributed by atoms with Gasteiger partial charge in [0.05, 0.1) is 17.8 Å². The normalized spacial score (nSPS) is 14.8. The van der Waals surface area contributed by atoms with Crippen LogP contribution >= 0.6 is 0 Å². The number of amides is 2. The number of anilines is 2. The zero-order chi connectivity index (χ0) is 28.4. The number of piperidine rings is 1. The summed E-state index contributed by atoms with van der Waals surface area (Å²) in [5, 5.41) is 4.34. The van der Waals surface area contributed by atoms with Gasteiger partial charge in [-0.3, -0.25) is 0 Å². The van der Waals surface area contributed by atoms with Gasteiger partial charge < -0.3 is 15.5 Å². The summed E-state index contributed by atoms with van der Waals surface area (Å²) >= 11 is 0. The number of para-hydroxylation sites is 1. The van der Waals surface area contributed by atoms with E-state index in [0.29, 0.717) is 6.07 Å². The minimum absolute atomic E-state index is 0.0412. The Balaban J connectivity index is 1.45. The lowest BCUT2D eigenvalue weighted by Crippen LogP contribution is -2.41. The van der Waals surface area contributed by atoms with Crippen LogP contribution in [0.2, 0.25) is 0 Å². The largest absolute Gasteiger partial charge is 0.433 e. The zero-order valence-corrected chi connectivity index (χ0v) is 20.4. The molecule has 0 radical (unpaired) electrons. The number of alkyl halides is 5. The number of benzene rings is 1. The summed E-state index contributed by atoms with van der Waals surface area (Å²) in [6.45, 7) is 0.586. The molecular weight excluding hydrogens is 535 g/mol. The van der Waals surface area contributed by atoms with Gasteiger partial charge >= 0.3 is 12.2 Å². The molecule has 1 aromatic carbocycles. The summed E-state index contributed by atoms with van der Waals surface area (Å²) in [6.07, 6.45) is -2.56. The van der Waals surface area contributed by atoms with Crippen molar-refractivity contribution < 1.29 is 35.5 Å². The van der Waals surface area contributed by atoms with Gasteiger partial charge in [0.2, 0.25) is 5.95 Å². The van der Waals surface area contributed by atoms with Gasteiger partial charge in [0.15, 0.2) is 0 Å². The summed E-state index contributed by atoms with van der Waals surface area (Å²) < 4.78 is 97.0. The molecule has 1 fully saturated rings. The zero-order valence-electron chi connectivity index (χ0n) is 20.4. The van der Waals surface area contributed by atoms with Crippen molar-refractivity contribution in [3.8, 4) is 0 Å². The van der Waals surface area contributed by atoms with Crippen molar-refractivity contribution in [1.82, 2.24) is 24.8 Å². The van der Waals surface area contributed by atoms with Crippen LogP contribution in [0.3, 0.4) is 0 Å². The Morgan fingerprint density at radius 1 is 1.03 bits per heavy atom. The van der Waals surface area contributed by atoms with Gasteiger partial charge in [-0.25, -0.2) is 33.5 Å². The predicted molar refractivity (Wildman–Crippen MR) is 125 cm³/mol. The van der Waals surface area contributed by atoms with Crippen molar-refractivity contribution >= 4 is 17.7 Å². The third-order valence-corrected chi connectivity index (χ3v) is 6.11. The van der Waals surface area contributed by atoms with E-state index >= 15 is 8.78 Å². The van der Waals surface area contributed by atoms with Crippen LogP contribution < -0.4 is 10.6 Å². The molecule has 1 aliphatic heterocycles. The number of aryl methyl sites for hydroxylation is 1. The fourth-order valence-corrected chi connectivity index (χ4v) is 4.13. The van der Waals surface area contributed by atoms with E-state index in [9.17, 15) is 26.7 Å². The highest BCUT2D eigenvalue weighted by atomic mass is 19.4. The molecule has 2 N–H and O–H groups in total. The second kappa shape index (κ2) is 11.0. The molecule has 208 valence electrons. The van der Waals surface area contributed by atoms with E-state index in [1.165, 1.54) is 11.8 Å². The fourth-order valence-electron chi connectivity index (χ4n) is 4.13. The van der Waals surface area contributed by atoms with Crippen LogP contribution in [0.15, 0.2) is 36.7 Å². The van der Waals surface area contributed by atoms with E-state index in [0.717, 1.165) is 30.6 Å². The second-order valence-electron chi connectivity index (χ2n) is 8.83. The lowest BCUT2D eigenvalue weighted by atomic mass is 9.89. The number of rotatable bonds is 6. The quantitative estimate of drug-likeness (QED) is 0.390. The number of likely N-dealkylation sites (tertiary alicyclic amines) is 1. The average Bonchev–Trinajstić information content (AvgIpc) is 2.89. The minimum Gasteiger partial charge on any atom is -0.348 e. The number of aromatic nitrogens is 4. The molecule has 0 atom stereocenters. The number of hydrogen-bond donors (Lipinski definition) is 2. The molecule has 0 unspecified atom stereocenters. The van der Waals surface area contributed by atoms with E-state index in [1.807, 2.05) is 0 Å². The van der Waals surface area contributed by atoms with Crippen LogP contribution in [0, 0.1) is 18.6 Å². The van der Waals surface area contributed by atoms with Crippen LogP contribution in [0.25, 0.3) is 0 Å². The first-order chi connectivity index (χ1) is 18.3. The second-order valence-corrected chi connectivity index (χ2v) is 8.83. The van der Waals surface area contributed by atoms with Crippen molar-refractivity contribution in [2.75, 3.05) is 30.3 Å². The molecule has 8 nitrogen and oxygen atoms in total. The molecule has 0 aliphatic carbocycles. The lowest BCUT2D eigenvalue weighted by Gasteiger charge is -2.33. The molecule has 0 spiro atoms. The maximum absolute atomic E-state index is 15.3. The summed E-state index contributed by atoms with van der Waals surface area (Å²) in [6, 6.07) is 3.03. The van der Waals surface area contributed by atoms with E-state index < -0.39 is 65.1 Å². The molecule has 2 aromatic heterocycles. The number of urea groups is 1.